The molecule has 0 spiro atoms. The van der Waals surface area contributed by atoms with Crippen molar-refractivity contribution in [2.24, 2.45) is 0 Å². The summed E-state index contributed by atoms with van der Waals surface area (Å²) in [6, 6.07) is 9.80. The van der Waals surface area contributed by atoms with Crippen LogP contribution in [-0.2, 0) is 4.79 Å². The maximum atomic E-state index is 11.8. The van der Waals surface area contributed by atoms with Crippen LogP contribution in [0.2, 0.25) is 5.02 Å². The summed E-state index contributed by atoms with van der Waals surface area (Å²) >= 11 is 7.90. The summed E-state index contributed by atoms with van der Waals surface area (Å²) in [4.78, 5) is 13.7. The Bertz CT molecular complexity index is 640. The van der Waals surface area contributed by atoms with Crippen LogP contribution in [0, 0.1) is 0 Å². The minimum atomic E-state index is 0.122. The molecule has 0 aliphatic carbocycles. The van der Waals surface area contributed by atoms with Gasteiger partial charge in [0.2, 0.25) is 5.91 Å². The van der Waals surface area contributed by atoms with Crippen molar-refractivity contribution in [3.8, 4) is 5.69 Å². The molecule has 2 heterocycles. The van der Waals surface area contributed by atoms with Gasteiger partial charge in [0.1, 0.15) is 5.37 Å². The number of amides is 1. The fourth-order valence-electron chi connectivity index (χ4n) is 2.44. The van der Waals surface area contributed by atoms with Gasteiger partial charge in [0.15, 0.2) is 0 Å². The highest BCUT2D eigenvalue weighted by molar-refractivity contribution is 8.00. The Morgan fingerprint density at radius 1 is 1.35 bits per heavy atom. The van der Waals surface area contributed by atoms with Crippen LogP contribution in [0.1, 0.15) is 17.9 Å². The monoisotopic (exact) mass is 306 g/mol. The molecule has 3 rings (SSSR count). The van der Waals surface area contributed by atoms with Gasteiger partial charge in [0, 0.05) is 24.5 Å². The topological polar surface area (TPSA) is 25.2 Å². The van der Waals surface area contributed by atoms with Gasteiger partial charge >= 0.3 is 0 Å². The van der Waals surface area contributed by atoms with E-state index in [9.17, 15) is 4.79 Å². The summed E-state index contributed by atoms with van der Waals surface area (Å²) in [7, 11) is 0. The Hall–Kier alpha value is -1.39. The molecular formula is C15H15ClN2OS. The van der Waals surface area contributed by atoms with Gasteiger partial charge < -0.3 is 9.47 Å². The first-order chi connectivity index (χ1) is 9.70. The third-order valence-electron chi connectivity index (χ3n) is 3.44. The third-order valence-corrected chi connectivity index (χ3v) is 5.02. The second kappa shape index (κ2) is 5.54. The smallest absolute Gasteiger partial charge is 0.233 e. The van der Waals surface area contributed by atoms with Crippen LogP contribution in [0.5, 0.6) is 0 Å². The van der Waals surface area contributed by atoms with Crippen molar-refractivity contribution in [1.82, 2.24) is 9.47 Å². The van der Waals surface area contributed by atoms with Crippen molar-refractivity contribution in [3.05, 3.63) is 53.3 Å². The zero-order valence-electron chi connectivity index (χ0n) is 11.1. The Kier molecular flexibility index (Phi) is 3.76. The second-order valence-corrected chi connectivity index (χ2v) is 6.12. The number of para-hydroxylation sites is 1. The van der Waals surface area contributed by atoms with Crippen LogP contribution in [0.25, 0.3) is 5.69 Å². The fourth-order valence-corrected chi connectivity index (χ4v) is 3.92. The molecule has 1 aliphatic heterocycles. The highest BCUT2D eigenvalue weighted by Crippen LogP contribution is 2.38. The van der Waals surface area contributed by atoms with Crippen LogP contribution in [-0.4, -0.2) is 27.7 Å². The van der Waals surface area contributed by atoms with E-state index in [2.05, 4.69) is 12.3 Å². The second-order valence-electron chi connectivity index (χ2n) is 4.65. The number of benzene rings is 1. The van der Waals surface area contributed by atoms with Crippen molar-refractivity contribution in [2.45, 2.75) is 12.3 Å². The normalized spacial score (nSPS) is 18.8. The lowest BCUT2D eigenvalue weighted by Crippen LogP contribution is -2.27. The molecule has 1 aromatic heterocycles. The van der Waals surface area contributed by atoms with Crippen LogP contribution < -0.4 is 0 Å². The number of thioether (sulfide) groups is 1. The van der Waals surface area contributed by atoms with Crippen molar-refractivity contribution < 1.29 is 4.79 Å². The maximum absolute atomic E-state index is 11.8. The molecule has 1 amide bonds. The number of rotatable bonds is 3. The Morgan fingerprint density at radius 2 is 2.15 bits per heavy atom. The Morgan fingerprint density at radius 3 is 2.90 bits per heavy atom. The van der Waals surface area contributed by atoms with Crippen LogP contribution >= 0.6 is 23.4 Å². The highest BCUT2D eigenvalue weighted by atomic mass is 35.5. The summed E-state index contributed by atoms with van der Waals surface area (Å²) in [6.07, 6.45) is 4.05. The van der Waals surface area contributed by atoms with Crippen molar-refractivity contribution in [2.75, 3.05) is 12.3 Å². The first-order valence-electron chi connectivity index (χ1n) is 6.54. The van der Waals surface area contributed by atoms with Gasteiger partial charge in [-0.15, -0.1) is 11.8 Å². The summed E-state index contributed by atoms with van der Waals surface area (Å²) in [6.45, 7) is 2.76. The van der Waals surface area contributed by atoms with E-state index < -0.39 is 0 Å². The number of aromatic nitrogens is 1. The van der Waals surface area contributed by atoms with Crippen molar-refractivity contribution in [1.29, 1.82) is 0 Å². The molecule has 1 fully saturated rings. The molecule has 0 unspecified atom stereocenters. The molecule has 0 saturated carbocycles. The average Bonchev–Trinajstić information content (AvgIpc) is 3.05. The predicted octanol–water partition coefficient (Wildman–Crippen LogP) is 3.72. The quantitative estimate of drug-likeness (QED) is 0.863. The molecule has 2 aromatic rings. The molecule has 104 valence electrons. The number of nitrogens with zero attached hydrogens (tertiary/aromatic N) is 2. The first-order valence-corrected chi connectivity index (χ1v) is 7.97. The Balaban J connectivity index is 1.91. The molecule has 5 heteroatoms. The number of carbonyl (C=O) groups excluding carboxylic acids is 1. The molecule has 20 heavy (non-hydrogen) atoms. The summed E-state index contributed by atoms with van der Waals surface area (Å²) < 4.78 is 2.01. The van der Waals surface area contributed by atoms with Gasteiger partial charge in [-0.3, -0.25) is 4.79 Å². The van der Waals surface area contributed by atoms with E-state index in [0.717, 1.165) is 22.8 Å². The number of halogens is 1. The molecule has 1 aromatic carbocycles. The van der Waals surface area contributed by atoms with E-state index in [1.165, 1.54) is 0 Å². The predicted molar refractivity (Wildman–Crippen MR) is 83.4 cm³/mol. The molecule has 1 saturated heterocycles. The standard InChI is InChI=1S/C15H15ClN2OS/c1-2-18-14(19)10-20-15(18)11-7-8-17(9-11)13-6-4-3-5-12(13)16/h3-9,15H,2,10H2,1H3/t15-/m0/s1. The largest absolute Gasteiger partial charge is 0.326 e. The number of carbonyl (C=O) groups is 1. The molecular weight excluding hydrogens is 292 g/mol. The first kappa shape index (κ1) is 13.6. The zero-order valence-corrected chi connectivity index (χ0v) is 12.7. The third kappa shape index (κ3) is 2.34. The van der Waals surface area contributed by atoms with Gasteiger partial charge in [0.25, 0.3) is 0 Å². The van der Waals surface area contributed by atoms with E-state index in [1.54, 1.807) is 11.8 Å². The van der Waals surface area contributed by atoms with E-state index in [0.29, 0.717) is 5.75 Å². The summed E-state index contributed by atoms with van der Waals surface area (Å²) in [5, 5.41) is 0.841. The summed E-state index contributed by atoms with van der Waals surface area (Å²) in [5.74, 6) is 0.781. The lowest BCUT2D eigenvalue weighted by Gasteiger charge is -2.21. The molecule has 0 radical (unpaired) electrons. The van der Waals surface area contributed by atoms with E-state index in [4.69, 9.17) is 11.6 Å². The summed E-state index contributed by atoms with van der Waals surface area (Å²) in [5.41, 5.74) is 2.10. The van der Waals surface area contributed by atoms with Crippen molar-refractivity contribution >= 4 is 29.3 Å². The van der Waals surface area contributed by atoms with E-state index in [1.807, 2.05) is 46.9 Å². The number of hydrogen-bond acceptors (Lipinski definition) is 2. The molecule has 1 atom stereocenters. The van der Waals surface area contributed by atoms with Gasteiger partial charge in [-0.05, 0) is 25.1 Å². The van der Waals surface area contributed by atoms with E-state index >= 15 is 0 Å². The lowest BCUT2D eigenvalue weighted by atomic mass is 10.3. The SMILES string of the molecule is CCN1C(=O)CS[C@H]1c1ccn(-c2ccccc2Cl)c1. The van der Waals surface area contributed by atoms with Crippen LogP contribution in [0.4, 0.5) is 0 Å². The minimum absolute atomic E-state index is 0.122. The minimum Gasteiger partial charge on any atom is -0.326 e. The molecule has 0 bridgehead atoms. The van der Waals surface area contributed by atoms with Gasteiger partial charge in [0.05, 0.1) is 16.5 Å². The maximum Gasteiger partial charge on any atom is 0.233 e. The average molecular weight is 307 g/mol. The van der Waals surface area contributed by atoms with Crippen LogP contribution in [0.15, 0.2) is 42.7 Å². The molecule has 3 nitrogen and oxygen atoms in total. The van der Waals surface area contributed by atoms with Gasteiger partial charge in [-0.25, -0.2) is 0 Å². The number of hydrogen-bond donors (Lipinski definition) is 0. The van der Waals surface area contributed by atoms with Gasteiger partial charge in [-0.2, -0.15) is 0 Å². The van der Waals surface area contributed by atoms with Crippen molar-refractivity contribution in [3.63, 3.8) is 0 Å². The Labute approximate surface area is 127 Å². The van der Waals surface area contributed by atoms with Gasteiger partial charge in [-0.1, -0.05) is 23.7 Å². The zero-order chi connectivity index (χ0) is 14.1. The fraction of sp³-hybridized carbons (Fsp3) is 0.267. The van der Waals surface area contributed by atoms with E-state index in [-0.39, 0.29) is 11.3 Å². The molecule has 1 aliphatic rings. The van der Waals surface area contributed by atoms with Crippen LogP contribution in [0.3, 0.4) is 0 Å². The molecule has 0 N–H and O–H groups in total. The lowest BCUT2D eigenvalue weighted by molar-refractivity contribution is -0.127. The highest BCUT2D eigenvalue weighted by Gasteiger charge is 2.31.